The number of allylic oxidation sites excluding steroid dienone is 2. The standard InChI is InChI=1S/C11H9Br2F3/c12-6-5-9(7-13)8-1-3-10(4-2-8)11(14,15)16/h1-5H,6-7H2/b9-5+. The molecule has 0 aromatic heterocycles. The SMILES string of the molecule is FC(F)(F)c1ccc(/C(=C/CBr)CBr)cc1. The Bertz CT molecular complexity index is 366. The highest BCUT2D eigenvalue weighted by atomic mass is 79.9. The van der Waals surface area contributed by atoms with Crippen molar-refractivity contribution in [3.63, 3.8) is 0 Å². The van der Waals surface area contributed by atoms with E-state index in [1.54, 1.807) is 0 Å². The summed E-state index contributed by atoms with van der Waals surface area (Å²) in [6, 6.07) is 5.16. The molecule has 0 nitrogen and oxygen atoms in total. The number of benzene rings is 1. The van der Waals surface area contributed by atoms with Crippen LogP contribution in [0.15, 0.2) is 30.3 Å². The first kappa shape index (κ1) is 13.8. The normalized spacial score (nSPS) is 12.9. The van der Waals surface area contributed by atoms with E-state index < -0.39 is 11.7 Å². The zero-order valence-corrected chi connectivity index (χ0v) is 11.4. The van der Waals surface area contributed by atoms with Gasteiger partial charge in [-0.1, -0.05) is 50.1 Å². The molecule has 88 valence electrons. The molecule has 5 heteroatoms. The van der Waals surface area contributed by atoms with Crippen LogP contribution in [0, 0.1) is 0 Å². The third-order valence-corrected chi connectivity index (χ3v) is 2.98. The van der Waals surface area contributed by atoms with Crippen LogP contribution < -0.4 is 0 Å². The summed E-state index contributed by atoms with van der Waals surface area (Å²) in [5.41, 5.74) is 1.14. The molecule has 0 amide bonds. The molecule has 0 aliphatic carbocycles. The summed E-state index contributed by atoms with van der Waals surface area (Å²) in [6.07, 6.45) is -2.36. The van der Waals surface area contributed by atoms with Crippen molar-refractivity contribution in [3.8, 4) is 0 Å². The van der Waals surface area contributed by atoms with E-state index in [9.17, 15) is 13.2 Å². The summed E-state index contributed by atoms with van der Waals surface area (Å²) in [6.45, 7) is 0. The first-order valence-corrected chi connectivity index (χ1v) is 6.72. The van der Waals surface area contributed by atoms with Crippen molar-refractivity contribution in [1.82, 2.24) is 0 Å². The molecule has 0 aliphatic heterocycles. The van der Waals surface area contributed by atoms with Crippen molar-refractivity contribution < 1.29 is 13.2 Å². The lowest BCUT2D eigenvalue weighted by Crippen LogP contribution is -2.04. The first-order valence-electron chi connectivity index (χ1n) is 4.47. The zero-order valence-electron chi connectivity index (χ0n) is 8.19. The van der Waals surface area contributed by atoms with Gasteiger partial charge in [-0.2, -0.15) is 13.2 Å². The van der Waals surface area contributed by atoms with Crippen LogP contribution in [0.3, 0.4) is 0 Å². The van der Waals surface area contributed by atoms with E-state index in [1.165, 1.54) is 12.1 Å². The molecule has 0 aliphatic rings. The molecule has 0 spiro atoms. The molecule has 0 heterocycles. The second-order valence-electron chi connectivity index (χ2n) is 3.09. The van der Waals surface area contributed by atoms with Gasteiger partial charge in [0.2, 0.25) is 0 Å². The van der Waals surface area contributed by atoms with Crippen molar-refractivity contribution in [2.24, 2.45) is 0 Å². The van der Waals surface area contributed by atoms with E-state index in [1.807, 2.05) is 6.08 Å². The fourth-order valence-corrected chi connectivity index (χ4v) is 2.16. The fourth-order valence-electron chi connectivity index (χ4n) is 1.22. The van der Waals surface area contributed by atoms with E-state index in [2.05, 4.69) is 31.9 Å². The average Bonchev–Trinajstić information content (AvgIpc) is 2.25. The van der Waals surface area contributed by atoms with Crippen LogP contribution in [0.1, 0.15) is 11.1 Å². The second-order valence-corrected chi connectivity index (χ2v) is 4.30. The van der Waals surface area contributed by atoms with Gasteiger partial charge in [-0.3, -0.25) is 0 Å². The van der Waals surface area contributed by atoms with Gasteiger partial charge in [-0.05, 0) is 23.3 Å². The van der Waals surface area contributed by atoms with Gasteiger partial charge < -0.3 is 0 Å². The minimum Gasteiger partial charge on any atom is -0.166 e. The predicted octanol–water partition coefficient (Wildman–Crippen LogP) is 4.88. The van der Waals surface area contributed by atoms with Gasteiger partial charge in [-0.25, -0.2) is 0 Å². The lowest BCUT2D eigenvalue weighted by Gasteiger charge is -2.08. The molecule has 1 aromatic rings. The quantitative estimate of drug-likeness (QED) is 0.676. The number of hydrogen-bond donors (Lipinski definition) is 0. The molecule has 0 N–H and O–H groups in total. The molecule has 0 fully saturated rings. The Morgan fingerprint density at radius 2 is 1.69 bits per heavy atom. The van der Waals surface area contributed by atoms with E-state index in [4.69, 9.17) is 0 Å². The Morgan fingerprint density at radius 1 is 1.12 bits per heavy atom. The lowest BCUT2D eigenvalue weighted by atomic mass is 10.1. The van der Waals surface area contributed by atoms with Gasteiger partial charge in [0, 0.05) is 10.7 Å². The topological polar surface area (TPSA) is 0 Å². The molecule has 16 heavy (non-hydrogen) atoms. The molecule has 1 aromatic carbocycles. The summed E-state index contributed by atoms with van der Waals surface area (Å²) in [5.74, 6) is 0. The summed E-state index contributed by atoms with van der Waals surface area (Å²) in [5, 5.41) is 1.29. The number of alkyl halides is 5. The van der Waals surface area contributed by atoms with Crippen LogP contribution in [0.5, 0.6) is 0 Å². The Hall–Kier alpha value is -0.290. The number of halogens is 5. The van der Waals surface area contributed by atoms with Crippen LogP contribution in [-0.4, -0.2) is 10.7 Å². The summed E-state index contributed by atoms with van der Waals surface area (Å²) in [4.78, 5) is 0. The Balaban J connectivity index is 2.99. The predicted molar refractivity (Wildman–Crippen MR) is 67.0 cm³/mol. The average molecular weight is 358 g/mol. The van der Waals surface area contributed by atoms with Crippen LogP contribution in [0.4, 0.5) is 13.2 Å². The van der Waals surface area contributed by atoms with Gasteiger partial charge in [0.15, 0.2) is 0 Å². The van der Waals surface area contributed by atoms with Crippen LogP contribution in [0.25, 0.3) is 5.57 Å². The molecule has 0 unspecified atom stereocenters. The third kappa shape index (κ3) is 3.63. The molecule has 0 saturated carbocycles. The smallest absolute Gasteiger partial charge is 0.166 e. The van der Waals surface area contributed by atoms with Crippen molar-refractivity contribution in [2.45, 2.75) is 6.18 Å². The van der Waals surface area contributed by atoms with Crippen LogP contribution >= 0.6 is 31.9 Å². The van der Waals surface area contributed by atoms with Gasteiger partial charge >= 0.3 is 6.18 Å². The summed E-state index contributed by atoms with van der Waals surface area (Å²) in [7, 11) is 0. The maximum Gasteiger partial charge on any atom is 0.416 e. The first-order chi connectivity index (χ1) is 7.49. The van der Waals surface area contributed by atoms with E-state index in [0.29, 0.717) is 10.7 Å². The third-order valence-electron chi connectivity index (χ3n) is 2.05. The monoisotopic (exact) mass is 356 g/mol. The van der Waals surface area contributed by atoms with Crippen molar-refractivity contribution in [2.75, 3.05) is 10.7 Å². The summed E-state index contributed by atoms with van der Waals surface area (Å²) >= 11 is 6.56. The van der Waals surface area contributed by atoms with Crippen molar-refractivity contribution in [1.29, 1.82) is 0 Å². The molecular formula is C11H9Br2F3. The van der Waals surface area contributed by atoms with Crippen molar-refractivity contribution in [3.05, 3.63) is 41.5 Å². The zero-order chi connectivity index (χ0) is 12.2. The van der Waals surface area contributed by atoms with Gasteiger partial charge in [0.25, 0.3) is 0 Å². The molecule has 0 bridgehead atoms. The van der Waals surface area contributed by atoms with Crippen molar-refractivity contribution >= 4 is 37.4 Å². The highest BCUT2D eigenvalue weighted by Gasteiger charge is 2.29. The maximum absolute atomic E-state index is 12.3. The Morgan fingerprint density at radius 3 is 2.06 bits per heavy atom. The maximum atomic E-state index is 12.3. The molecule has 0 radical (unpaired) electrons. The fraction of sp³-hybridized carbons (Fsp3) is 0.273. The molecule has 0 saturated heterocycles. The minimum atomic E-state index is -4.27. The highest BCUT2D eigenvalue weighted by molar-refractivity contribution is 9.09. The Labute approximate surface area is 109 Å². The largest absolute Gasteiger partial charge is 0.416 e. The van der Waals surface area contributed by atoms with Gasteiger partial charge in [0.1, 0.15) is 0 Å². The van der Waals surface area contributed by atoms with E-state index in [0.717, 1.165) is 23.3 Å². The highest BCUT2D eigenvalue weighted by Crippen LogP contribution is 2.30. The van der Waals surface area contributed by atoms with E-state index in [-0.39, 0.29) is 0 Å². The van der Waals surface area contributed by atoms with Crippen LogP contribution in [-0.2, 0) is 6.18 Å². The Kier molecular flexibility index (Phi) is 5.05. The second kappa shape index (κ2) is 5.87. The number of hydrogen-bond acceptors (Lipinski definition) is 0. The number of rotatable bonds is 3. The summed E-state index contributed by atoms with van der Waals surface area (Å²) < 4.78 is 37.0. The molecular weight excluding hydrogens is 349 g/mol. The molecule has 1 rings (SSSR count). The molecule has 0 atom stereocenters. The minimum absolute atomic E-state index is 0.615. The van der Waals surface area contributed by atoms with E-state index >= 15 is 0 Å². The lowest BCUT2D eigenvalue weighted by molar-refractivity contribution is -0.137. The van der Waals surface area contributed by atoms with Gasteiger partial charge in [-0.15, -0.1) is 0 Å². The van der Waals surface area contributed by atoms with Gasteiger partial charge in [0.05, 0.1) is 5.56 Å². The van der Waals surface area contributed by atoms with Crippen LogP contribution in [0.2, 0.25) is 0 Å².